The van der Waals surface area contributed by atoms with Gasteiger partial charge in [0.15, 0.2) is 0 Å². The van der Waals surface area contributed by atoms with E-state index in [1.807, 2.05) is 0 Å². The van der Waals surface area contributed by atoms with Crippen LogP contribution in [-0.4, -0.2) is 0 Å². The molecule has 0 aromatic rings. The molecule has 0 saturated heterocycles. The molecule has 0 aliphatic carbocycles. The van der Waals surface area contributed by atoms with Crippen molar-refractivity contribution in [3.8, 4) is 0 Å². The van der Waals surface area contributed by atoms with Gasteiger partial charge in [-0.05, 0) is 6.42 Å². The molecule has 0 unspecified atom stereocenters. The Hall–Kier alpha value is 0. The quantitative estimate of drug-likeness (QED) is 0.223. The van der Waals surface area contributed by atoms with E-state index in [9.17, 15) is 0 Å². The van der Waals surface area contributed by atoms with E-state index in [1.165, 1.54) is 116 Å². The second-order valence-corrected chi connectivity index (χ2v) is 6.82. The van der Waals surface area contributed by atoms with Gasteiger partial charge >= 0.3 is 0 Å². The van der Waals surface area contributed by atoms with Gasteiger partial charge in [0, 0.05) is 0 Å². The highest BCUT2D eigenvalue weighted by molar-refractivity contribution is 4.64. The lowest BCUT2D eigenvalue weighted by atomic mass is 10.0. The number of hydrogen-bond donors (Lipinski definition) is 0. The first-order valence-electron chi connectivity index (χ1n) is 10.2. The molecule has 0 fully saturated rings. The van der Waals surface area contributed by atoms with Crippen molar-refractivity contribution in [3.63, 3.8) is 0 Å². The maximum Gasteiger partial charge on any atom is -0.0386 e. The molecule has 0 aliphatic heterocycles. The Morgan fingerprint density at radius 3 is 1.00 bits per heavy atom. The molecule has 0 nitrogen and oxygen atoms in total. The van der Waals surface area contributed by atoms with Gasteiger partial charge in [0.2, 0.25) is 0 Å². The summed E-state index contributed by atoms with van der Waals surface area (Å²) < 4.78 is 0. The number of hydrogen-bond acceptors (Lipinski definition) is 0. The zero-order valence-electron chi connectivity index (χ0n) is 15.3. The molecule has 0 saturated carbocycles. The lowest BCUT2D eigenvalue weighted by molar-refractivity contribution is 0.556. The molecule has 0 heterocycles. The SMILES string of the molecule is CCCCCCCCC[CH]CCCCCCCCCCC. The van der Waals surface area contributed by atoms with Crippen molar-refractivity contribution in [2.24, 2.45) is 0 Å². The van der Waals surface area contributed by atoms with Gasteiger partial charge < -0.3 is 0 Å². The van der Waals surface area contributed by atoms with Crippen LogP contribution in [0.15, 0.2) is 0 Å². The summed E-state index contributed by atoms with van der Waals surface area (Å²) in [6.45, 7) is 4.59. The van der Waals surface area contributed by atoms with Crippen LogP contribution in [0.2, 0.25) is 0 Å². The van der Waals surface area contributed by atoms with Crippen molar-refractivity contribution in [1.29, 1.82) is 0 Å². The third-order valence-corrected chi connectivity index (χ3v) is 4.52. The fraction of sp³-hybridized carbons (Fsp3) is 0.952. The molecular weight excluding hydrogens is 252 g/mol. The summed E-state index contributed by atoms with van der Waals surface area (Å²) in [6.07, 6.45) is 28.4. The zero-order valence-corrected chi connectivity index (χ0v) is 15.3. The highest BCUT2D eigenvalue weighted by Gasteiger charge is 1.94. The summed E-state index contributed by atoms with van der Waals surface area (Å²) in [5.41, 5.74) is 0. The number of rotatable bonds is 18. The molecule has 0 amide bonds. The van der Waals surface area contributed by atoms with Crippen LogP contribution in [0.25, 0.3) is 0 Å². The topological polar surface area (TPSA) is 0 Å². The summed E-state index contributed by atoms with van der Waals surface area (Å²) in [5.74, 6) is 0. The average molecular weight is 296 g/mol. The van der Waals surface area contributed by atoms with Crippen LogP contribution in [0.1, 0.15) is 129 Å². The first-order valence-corrected chi connectivity index (χ1v) is 10.2. The molecule has 0 aliphatic rings. The van der Waals surface area contributed by atoms with E-state index in [1.54, 1.807) is 0 Å². The van der Waals surface area contributed by atoms with Crippen molar-refractivity contribution in [2.45, 2.75) is 129 Å². The average Bonchev–Trinajstić information content (AvgIpc) is 2.50. The molecule has 21 heavy (non-hydrogen) atoms. The van der Waals surface area contributed by atoms with Gasteiger partial charge in [0.05, 0.1) is 0 Å². The summed E-state index contributed by atoms with van der Waals surface area (Å²) >= 11 is 0. The van der Waals surface area contributed by atoms with Crippen LogP contribution in [0, 0.1) is 6.42 Å². The van der Waals surface area contributed by atoms with Crippen LogP contribution in [-0.2, 0) is 0 Å². The summed E-state index contributed by atoms with van der Waals surface area (Å²) in [6, 6.07) is 0. The molecule has 0 aromatic heterocycles. The summed E-state index contributed by atoms with van der Waals surface area (Å²) in [5, 5.41) is 0. The van der Waals surface area contributed by atoms with E-state index in [-0.39, 0.29) is 0 Å². The van der Waals surface area contributed by atoms with Gasteiger partial charge in [0.25, 0.3) is 0 Å². The molecule has 0 heteroatoms. The molecule has 0 N–H and O–H groups in total. The second-order valence-electron chi connectivity index (χ2n) is 6.82. The zero-order chi connectivity index (χ0) is 15.4. The largest absolute Gasteiger partial charge is 0.0654 e. The fourth-order valence-electron chi connectivity index (χ4n) is 2.99. The van der Waals surface area contributed by atoms with Gasteiger partial charge in [0.1, 0.15) is 0 Å². The Morgan fingerprint density at radius 2 is 0.667 bits per heavy atom. The third kappa shape index (κ3) is 20.0. The van der Waals surface area contributed by atoms with Crippen LogP contribution in [0.5, 0.6) is 0 Å². The normalized spacial score (nSPS) is 11.1. The van der Waals surface area contributed by atoms with Crippen LogP contribution < -0.4 is 0 Å². The smallest absolute Gasteiger partial charge is 0.0386 e. The minimum absolute atomic E-state index is 1.37. The standard InChI is InChI=1S/C21H43/c1-3-5-7-9-11-13-15-17-19-21-20-18-16-14-12-10-8-6-4-2/h19H,3-18,20-21H2,1-2H3. The van der Waals surface area contributed by atoms with Crippen molar-refractivity contribution in [1.82, 2.24) is 0 Å². The highest BCUT2D eigenvalue weighted by Crippen LogP contribution is 2.13. The van der Waals surface area contributed by atoms with Gasteiger partial charge in [-0.15, -0.1) is 0 Å². The van der Waals surface area contributed by atoms with E-state index in [2.05, 4.69) is 20.3 Å². The first-order chi connectivity index (χ1) is 10.4. The van der Waals surface area contributed by atoms with Gasteiger partial charge in [-0.25, -0.2) is 0 Å². The first kappa shape index (κ1) is 21.0. The molecule has 0 bridgehead atoms. The molecular formula is C21H43. The molecule has 0 spiro atoms. The maximum atomic E-state index is 2.55. The third-order valence-electron chi connectivity index (χ3n) is 4.52. The van der Waals surface area contributed by atoms with Crippen molar-refractivity contribution >= 4 is 0 Å². The Morgan fingerprint density at radius 1 is 0.381 bits per heavy atom. The molecule has 1 radical (unpaired) electrons. The van der Waals surface area contributed by atoms with E-state index in [0.717, 1.165) is 0 Å². The van der Waals surface area contributed by atoms with Gasteiger partial charge in [-0.3, -0.25) is 0 Å². The van der Waals surface area contributed by atoms with Crippen molar-refractivity contribution in [3.05, 3.63) is 6.42 Å². The molecule has 0 atom stereocenters. The van der Waals surface area contributed by atoms with E-state index >= 15 is 0 Å². The van der Waals surface area contributed by atoms with Gasteiger partial charge in [-0.1, -0.05) is 129 Å². The van der Waals surface area contributed by atoms with Crippen molar-refractivity contribution < 1.29 is 0 Å². The predicted octanol–water partition coefficient (Wildman–Crippen LogP) is 8.25. The highest BCUT2D eigenvalue weighted by atomic mass is 14.0. The monoisotopic (exact) mass is 295 g/mol. The summed E-state index contributed by atoms with van der Waals surface area (Å²) in [7, 11) is 0. The fourth-order valence-corrected chi connectivity index (χ4v) is 2.99. The molecule has 0 rings (SSSR count). The predicted molar refractivity (Wildman–Crippen MR) is 98.8 cm³/mol. The van der Waals surface area contributed by atoms with E-state index in [4.69, 9.17) is 0 Å². The minimum atomic E-state index is 1.37. The second kappa shape index (κ2) is 20.0. The van der Waals surface area contributed by atoms with Crippen LogP contribution in [0.3, 0.4) is 0 Å². The lowest BCUT2D eigenvalue weighted by Gasteiger charge is -2.03. The Bertz CT molecular complexity index is 143. The molecule has 127 valence electrons. The van der Waals surface area contributed by atoms with Crippen LogP contribution in [0.4, 0.5) is 0 Å². The molecule has 0 aromatic carbocycles. The van der Waals surface area contributed by atoms with Gasteiger partial charge in [-0.2, -0.15) is 0 Å². The van der Waals surface area contributed by atoms with E-state index in [0.29, 0.717) is 0 Å². The Balaban J connectivity index is 2.90. The Kier molecular flexibility index (Phi) is 20.0. The summed E-state index contributed by atoms with van der Waals surface area (Å²) in [4.78, 5) is 0. The maximum absolute atomic E-state index is 2.55. The van der Waals surface area contributed by atoms with Crippen molar-refractivity contribution in [2.75, 3.05) is 0 Å². The lowest BCUT2D eigenvalue weighted by Crippen LogP contribution is -1.84. The minimum Gasteiger partial charge on any atom is -0.0654 e. The number of unbranched alkanes of at least 4 members (excludes halogenated alkanes) is 18. The Labute approximate surface area is 136 Å². The van der Waals surface area contributed by atoms with E-state index < -0.39 is 0 Å². The van der Waals surface area contributed by atoms with Crippen LogP contribution >= 0.6 is 0 Å².